The Hall–Kier alpha value is -1.95. The minimum atomic E-state index is 0.382. The zero-order chi connectivity index (χ0) is 15.2. The highest BCUT2D eigenvalue weighted by Crippen LogP contribution is 2.15. The van der Waals surface area contributed by atoms with E-state index in [2.05, 4.69) is 41.2 Å². The summed E-state index contributed by atoms with van der Waals surface area (Å²) in [6, 6.07) is 3.92. The van der Waals surface area contributed by atoms with E-state index in [1.807, 2.05) is 18.3 Å². The molecule has 6 nitrogen and oxygen atoms in total. The molecule has 0 unspecified atom stereocenters. The van der Waals surface area contributed by atoms with Crippen LogP contribution < -0.4 is 5.32 Å². The summed E-state index contributed by atoms with van der Waals surface area (Å²) in [6.45, 7) is 7.62. The summed E-state index contributed by atoms with van der Waals surface area (Å²) in [5, 5.41) is 7.85. The molecular formula is C15H23N5O. The summed E-state index contributed by atoms with van der Waals surface area (Å²) >= 11 is 0. The van der Waals surface area contributed by atoms with E-state index in [1.54, 1.807) is 11.8 Å². The van der Waals surface area contributed by atoms with Crippen molar-refractivity contribution in [2.24, 2.45) is 0 Å². The third kappa shape index (κ3) is 4.01. The predicted molar refractivity (Wildman–Crippen MR) is 82.7 cm³/mol. The predicted octanol–water partition coefficient (Wildman–Crippen LogP) is 2.75. The van der Waals surface area contributed by atoms with Crippen molar-refractivity contribution in [1.29, 1.82) is 0 Å². The van der Waals surface area contributed by atoms with Gasteiger partial charge in [-0.05, 0) is 18.4 Å². The molecule has 0 aliphatic heterocycles. The zero-order valence-electron chi connectivity index (χ0n) is 13.1. The fourth-order valence-corrected chi connectivity index (χ4v) is 1.91. The Morgan fingerprint density at radius 1 is 1.33 bits per heavy atom. The van der Waals surface area contributed by atoms with E-state index < -0.39 is 0 Å². The van der Waals surface area contributed by atoms with Crippen LogP contribution >= 0.6 is 0 Å². The van der Waals surface area contributed by atoms with Crippen LogP contribution in [-0.2, 0) is 11.3 Å². The van der Waals surface area contributed by atoms with Gasteiger partial charge in [0, 0.05) is 25.9 Å². The maximum atomic E-state index is 5.14. The topological polar surface area (TPSA) is 64.9 Å². The third-order valence-electron chi connectivity index (χ3n) is 3.02. The number of rotatable bonds is 7. The van der Waals surface area contributed by atoms with Gasteiger partial charge in [-0.15, -0.1) is 0 Å². The Morgan fingerprint density at radius 2 is 2.14 bits per heavy atom. The first-order valence-corrected chi connectivity index (χ1v) is 7.30. The van der Waals surface area contributed by atoms with Crippen molar-refractivity contribution in [2.45, 2.75) is 39.7 Å². The number of hydrogen-bond acceptors (Lipinski definition) is 5. The molecular weight excluding hydrogens is 266 g/mol. The Bertz CT molecular complexity index is 579. The second-order valence-electron chi connectivity index (χ2n) is 5.23. The van der Waals surface area contributed by atoms with Crippen molar-refractivity contribution in [3.8, 4) is 5.82 Å². The van der Waals surface area contributed by atoms with E-state index in [-0.39, 0.29) is 0 Å². The normalized spacial score (nSPS) is 11.1. The van der Waals surface area contributed by atoms with Gasteiger partial charge in [-0.1, -0.05) is 20.8 Å². The molecule has 2 aromatic rings. The standard InChI is InChI=1S/C15H23N5O/c1-5-7-16-13-9-15(18-14(17-13)10-21-4)20-8-6-12(19-20)11(2)3/h6,8-9,11H,5,7,10H2,1-4H3,(H,16,17,18). The van der Waals surface area contributed by atoms with Gasteiger partial charge in [-0.3, -0.25) is 0 Å². The molecule has 0 amide bonds. The first-order valence-electron chi connectivity index (χ1n) is 7.30. The lowest BCUT2D eigenvalue weighted by Crippen LogP contribution is -2.09. The number of methoxy groups -OCH3 is 1. The summed E-state index contributed by atoms with van der Waals surface area (Å²) in [4.78, 5) is 8.94. The Labute approximate surface area is 125 Å². The van der Waals surface area contributed by atoms with Crippen LogP contribution in [-0.4, -0.2) is 33.4 Å². The second kappa shape index (κ2) is 7.17. The fourth-order valence-electron chi connectivity index (χ4n) is 1.91. The largest absolute Gasteiger partial charge is 0.377 e. The van der Waals surface area contributed by atoms with E-state index >= 15 is 0 Å². The van der Waals surface area contributed by atoms with Crippen molar-refractivity contribution in [1.82, 2.24) is 19.7 Å². The van der Waals surface area contributed by atoms with E-state index in [4.69, 9.17) is 4.74 Å². The highest BCUT2D eigenvalue weighted by Gasteiger charge is 2.09. The molecule has 0 bridgehead atoms. The molecule has 2 rings (SSSR count). The van der Waals surface area contributed by atoms with Crippen LogP contribution in [0.3, 0.4) is 0 Å². The van der Waals surface area contributed by atoms with Crippen molar-refractivity contribution >= 4 is 5.82 Å². The summed E-state index contributed by atoms with van der Waals surface area (Å²) in [5.41, 5.74) is 1.05. The molecule has 0 radical (unpaired) electrons. The molecule has 0 spiro atoms. The lowest BCUT2D eigenvalue weighted by atomic mass is 10.1. The zero-order valence-corrected chi connectivity index (χ0v) is 13.1. The molecule has 0 aromatic carbocycles. The van der Waals surface area contributed by atoms with Crippen LogP contribution in [0.2, 0.25) is 0 Å². The van der Waals surface area contributed by atoms with Crippen molar-refractivity contribution in [3.63, 3.8) is 0 Å². The molecule has 6 heteroatoms. The van der Waals surface area contributed by atoms with Crippen molar-refractivity contribution in [2.75, 3.05) is 19.0 Å². The first kappa shape index (κ1) is 15.4. The third-order valence-corrected chi connectivity index (χ3v) is 3.02. The Kier molecular flexibility index (Phi) is 5.27. The average Bonchev–Trinajstić information content (AvgIpc) is 2.95. The van der Waals surface area contributed by atoms with Gasteiger partial charge in [0.1, 0.15) is 12.4 Å². The maximum Gasteiger partial charge on any atom is 0.159 e. The molecule has 0 saturated carbocycles. The molecule has 0 aliphatic rings. The van der Waals surface area contributed by atoms with E-state index in [0.717, 1.165) is 30.3 Å². The minimum absolute atomic E-state index is 0.382. The SMILES string of the molecule is CCCNc1cc(-n2ccc(C(C)C)n2)nc(COC)n1. The average molecular weight is 289 g/mol. The van der Waals surface area contributed by atoms with E-state index in [1.165, 1.54) is 0 Å². The van der Waals surface area contributed by atoms with Crippen molar-refractivity contribution in [3.05, 3.63) is 29.8 Å². The Balaban J connectivity index is 2.33. The van der Waals surface area contributed by atoms with Gasteiger partial charge in [0.2, 0.25) is 0 Å². The van der Waals surface area contributed by atoms with Crippen molar-refractivity contribution < 1.29 is 4.74 Å². The molecule has 2 heterocycles. The fraction of sp³-hybridized carbons (Fsp3) is 0.533. The monoisotopic (exact) mass is 289 g/mol. The maximum absolute atomic E-state index is 5.14. The quantitative estimate of drug-likeness (QED) is 0.849. The van der Waals surface area contributed by atoms with Crippen LogP contribution in [0.15, 0.2) is 18.3 Å². The van der Waals surface area contributed by atoms with Gasteiger partial charge in [0.05, 0.1) is 5.69 Å². The number of anilines is 1. The van der Waals surface area contributed by atoms with Crippen LogP contribution in [0, 0.1) is 0 Å². The molecule has 0 fully saturated rings. The van der Waals surface area contributed by atoms with Gasteiger partial charge in [0.25, 0.3) is 0 Å². The Morgan fingerprint density at radius 3 is 2.76 bits per heavy atom. The number of aromatic nitrogens is 4. The molecule has 1 N–H and O–H groups in total. The van der Waals surface area contributed by atoms with Crippen LogP contribution in [0.4, 0.5) is 5.82 Å². The molecule has 114 valence electrons. The lowest BCUT2D eigenvalue weighted by Gasteiger charge is -2.09. The van der Waals surface area contributed by atoms with Gasteiger partial charge in [-0.2, -0.15) is 5.10 Å². The van der Waals surface area contributed by atoms with Crippen LogP contribution in [0.5, 0.6) is 0 Å². The minimum Gasteiger partial charge on any atom is -0.377 e. The highest BCUT2D eigenvalue weighted by atomic mass is 16.5. The van der Waals surface area contributed by atoms with Gasteiger partial charge in [0.15, 0.2) is 11.6 Å². The second-order valence-corrected chi connectivity index (χ2v) is 5.23. The molecule has 2 aromatic heterocycles. The lowest BCUT2D eigenvalue weighted by molar-refractivity contribution is 0.178. The molecule has 21 heavy (non-hydrogen) atoms. The van der Waals surface area contributed by atoms with Crippen LogP contribution in [0.1, 0.15) is 44.6 Å². The number of ether oxygens (including phenoxy) is 1. The molecule has 0 atom stereocenters. The number of hydrogen-bond donors (Lipinski definition) is 1. The highest BCUT2D eigenvalue weighted by molar-refractivity contribution is 5.41. The summed E-state index contributed by atoms with van der Waals surface area (Å²) < 4.78 is 6.92. The van der Waals surface area contributed by atoms with Gasteiger partial charge in [-0.25, -0.2) is 14.6 Å². The van der Waals surface area contributed by atoms with Gasteiger partial charge >= 0.3 is 0 Å². The van der Waals surface area contributed by atoms with E-state index in [0.29, 0.717) is 18.3 Å². The summed E-state index contributed by atoms with van der Waals surface area (Å²) in [7, 11) is 1.64. The smallest absolute Gasteiger partial charge is 0.159 e. The number of nitrogens with one attached hydrogen (secondary N) is 1. The molecule has 0 saturated heterocycles. The summed E-state index contributed by atoms with van der Waals surface area (Å²) in [6.07, 6.45) is 2.97. The van der Waals surface area contributed by atoms with Gasteiger partial charge < -0.3 is 10.1 Å². The first-order chi connectivity index (χ1) is 10.1. The molecule has 0 aliphatic carbocycles. The summed E-state index contributed by atoms with van der Waals surface area (Å²) in [5.74, 6) is 2.59. The van der Waals surface area contributed by atoms with E-state index in [9.17, 15) is 0 Å². The van der Waals surface area contributed by atoms with Crippen LogP contribution in [0.25, 0.3) is 5.82 Å². The number of nitrogens with zero attached hydrogens (tertiary/aromatic N) is 4.